The van der Waals surface area contributed by atoms with Crippen molar-refractivity contribution in [2.75, 3.05) is 11.9 Å². The highest BCUT2D eigenvalue weighted by Gasteiger charge is 2.24. The zero-order chi connectivity index (χ0) is 18.7. The number of ether oxygens (including phenoxy) is 1. The van der Waals surface area contributed by atoms with Crippen molar-refractivity contribution in [1.29, 1.82) is 0 Å². The van der Waals surface area contributed by atoms with E-state index in [0.717, 1.165) is 22.5 Å². The second-order valence-electron chi connectivity index (χ2n) is 7.06. The van der Waals surface area contributed by atoms with Crippen LogP contribution in [-0.2, 0) is 4.74 Å². The minimum atomic E-state index is -0.567. The number of nitrogens with one attached hydrogen (secondary N) is 1. The second kappa shape index (κ2) is 7.04. The lowest BCUT2D eigenvalue weighted by Crippen LogP contribution is -2.34. The number of rotatable bonds is 3. The van der Waals surface area contributed by atoms with Gasteiger partial charge in [-0.1, -0.05) is 60.7 Å². The normalized spacial score (nSPS) is 11.2. The molecule has 0 unspecified atom stereocenters. The van der Waals surface area contributed by atoms with Crippen molar-refractivity contribution >= 4 is 12.0 Å². The van der Waals surface area contributed by atoms with Crippen LogP contribution in [0.25, 0.3) is 22.5 Å². The molecule has 0 atom stereocenters. The number of aromatic nitrogens is 2. The Morgan fingerprint density at radius 1 is 0.962 bits per heavy atom. The van der Waals surface area contributed by atoms with Gasteiger partial charge in [-0.25, -0.2) is 9.78 Å². The van der Waals surface area contributed by atoms with Gasteiger partial charge in [-0.15, -0.1) is 0 Å². The minimum Gasteiger partial charge on any atom is -0.443 e. The molecule has 0 aliphatic heterocycles. The Balaban J connectivity index is 2.03. The predicted octanol–water partition coefficient (Wildman–Crippen LogP) is 5.12. The smallest absolute Gasteiger partial charge is 0.416 e. The van der Waals surface area contributed by atoms with E-state index in [2.05, 4.69) is 9.97 Å². The van der Waals surface area contributed by atoms with Crippen LogP contribution in [0, 0.1) is 0 Å². The van der Waals surface area contributed by atoms with Crippen molar-refractivity contribution in [3.63, 3.8) is 0 Å². The zero-order valence-corrected chi connectivity index (χ0v) is 15.5. The molecule has 0 saturated carbocycles. The first kappa shape index (κ1) is 17.7. The molecule has 134 valence electrons. The molecule has 0 fully saturated rings. The summed E-state index contributed by atoms with van der Waals surface area (Å²) in [6.07, 6.45) is -0.453. The van der Waals surface area contributed by atoms with Crippen LogP contribution in [0.2, 0.25) is 0 Å². The highest BCUT2D eigenvalue weighted by atomic mass is 16.6. The first-order chi connectivity index (χ1) is 12.3. The van der Waals surface area contributed by atoms with Gasteiger partial charge in [0.15, 0.2) is 0 Å². The average molecular weight is 349 g/mol. The highest BCUT2D eigenvalue weighted by molar-refractivity contribution is 5.88. The molecule has 3 rings (SSSR count). The summed E-state index contributed by atoms with van der Waals surface area (Å²) in [5.74, 6) is 0.442. The lowest BCUT2D eigenvalue weighted by Gasteiger charge is -2.23. The van der Waals surface area contributed by atoms with Crippen molar-refractivity contribution in [2.45, 2.75) is 26.4 Å². The van der Waals surface area contributed by atoms with Crippen molar-refractivity contribution in [1.82, 2.24) is 9.97 Å². The maximum atomic E-state index is 12.4. The van der Waals surface area contributed by atoms with Gasteiger partial charge in [0.05, 0.1) is 11.4 Å². The van der Waals surface area contributed by atoms with E-state index in [-0.39, 0.29) is 0 Å². The number of imidazole rings is 1. The summed E-state index contributed by atoms with van der Waals surface area (Å²) in [5, 5.41) is 0. The Hall–Kier alpha value is -3.08. The maximum absolute atomic E-state index is 12.4. The Labute approximate surface area is 153 Å². The number of aromatic amines is 1. The molecule has 0 aliphatic carbocycles. The number of carbonyl (C=O) groups is 1. The number of hydrogen-bond acceptors (Lipinski definition) is 3. The molecule has 0 aliphatic rings. The number of hydrogen-bond donors (Lipinski definition) is 1. The van der Waals surface area contributed by atoms with E-state index in [1.807, 2.05) is 81.4 Å². The monoisotopic (exact) mass is 349 g/mol. The number of anilines is 1. The molecular weight excluding hydrogens is 326 g/mol. The van der Waals surface area contributed by atoms with Crippen LogP contribution in [0.1, 0.15) is 20.8 Å². The lowest BCUT2D eigenvalue weighted by atomic mass is 10.1. The van der Waals surface area contributed by atoms with Crippen molar-refractivity contribution in [3.05, 3.63) is 60.7 Å². The van der Waals surface area contributed by atoms with Gasteiger partial charge in [0.2, 0.25) is 5.95 Å². The summed E-state index contributed by atoms with van der Waals surface area (Å²) < 4.78 is 5.44. The number of benzene rings is 2. The Kier molecular flexibility index (Phi) is 4.80. The molecule has 26 heavy (non-hydrogen) atoms. The van der Waals surface area contributed by atoms with E-state index in [1.54, 1.807) is 7.05 Å². The molecule has 5 nitrogen and oxygen atoms in total. The van der Waals surface area contributed by atoms with Gasteiger partial charge < -0.3 is 9.72 Å². The SMILES string of the molecule is CN(C(=O)OC(C)(C)C)c1nc(-c2ccccc2)c(-c2ccccc2)[nH]1. The summed E-state index contributed by atoms with van der Waals surface area (Å²) in [6, 6.07) is 19.8. The summed E-state index contributed by atoms with van der Waals surface area (Å²) in [6.45, 7) is 5.52. The number of amides is 1. The average Bonchev–Trinajstić information content (AvgIpc) is 3.06. The molecule has 0 spiro atoms. The number of carbonyl (C=O) groups excluding carboxylic acids is 1. The summed E-state index contributed by atoms with van der Waals surface area (Å²) in [4.78, 5) is 21.7. The van der Waals surface area contributed by atoms with Crippen LogP contribution in [0.5, 0.6) is 0 Å². The van der Waals surface area contributed by atoms with Crippen LogP contribution >= 0.6 is 0 Å². The number of nitrogens with zero attached hydrogens (tertiary/aromatic N) is 2. The Morgan fingerprint density at radius 2 is 1.50 bits per heavy atom. The van der Waals surface area contributed by atoms with E-state index in [4.69, 9.17) is 4.74 Å². The largest absolute Gasteiger partial charge is 0.443 e. The molecule has 1 N–H and O–H groups in total. The van der Waals surface area contributed by atoms with Gasteiger partial charge in [0, 0.05) is 18.2 Å². The van der Waals surface area contributed by atoms with E-state index in [0.29, 0.717) is 5.95 Å². The summed E-state index contributed by atoms with van der Waals surface area (Å²) >= 11 is 0. The van der Waals surface area contributed by atoms with E-state index >= 15 is 0 Å². The van der Waals surface area contributed by atoms with Crippen LogP contribution in [0.15, 0.2) is 60.7 Å². The Morgan fingerprint density at radius 3 is 2.04 bits per heavy atom. The van der Waals surface area contributed by atoms with Gasteiger partial charge in [-0.05, 0) is 20.8 Å². The van der Waals surface area contributed by atoms with Gasteiger partial charge in [0.1, 0.15) is 5.60 Å². The maximum Gasteiger partial charge on any atom is 0.416 e. The third-order valence-corrected chi connectivity index (χ3v) is 3.79. The third-order valence-electron chi connectivity index (χ3n) is 3.79. The van der Waals surface area contributed by atoms with Crippen LogP contribution in [0.3, 0.4) is 0 Å². The van der Waals surface area contributed by atoms with E-state index in [1.165, 1.54) is 4.90 Å². The minimum absolute atomic E-state index is 0.442. The fourth-order valence-electron chi connectivity index (χ4n) is 2.56. The molecule has 0 radical (unpaired) electrons. The topological polar surface area (TPSA) is 58.2 Å². The fourth-order valence-corrected chi connectivity index (χ4v) is 2.56. The molecule has 2 aromatic carbocycles. The first-order valence-corrected chi connectivity index (χ1v) is 8.53. The molecule has 5 heteroatoms. The van der Waals surface area contributed by atoms with E-state index in [9.17, 15) is 4.79 Å². The van der Waals surface area contributed by atoms with Gasteiger partial charge in [0.25, 0.3) is 0 Å². The predicted molar refractivity (Wildman–Crippen MR) is 104 cm³/mol. The van der Waals surface area contributed by atoms with E-state index < -0.39 is 11.7 Å². The zero-order valence-electron chi connectivity index (χ0n) is 15.5. The van der Waals surface area contributed by atoms with Gasteiger partial charge >= 0.3 is 6.09 Å². The summed E-state index contributed by atoms with van der Waals surface area (Å²) in [5.41, 5.74) is 3.07. The van der Waals surface area contributed by atoms with Crippen LogP contribution in [0.4, 0.5) is 10.7 Å². The summed E-state index contributed by atoms with van der Waals surface area (Å²) in [7, 11) is 1.65. The third kappa shape index (κ3) is 3.94. The highest BCUT2D eigenvalue weighted by Crippen LogP contribution is 2.32. The molecule has 3 aromatic rings. The molecular formula is C21H23N3O2. The molecule has 0 saturated heterocycles. The van der Waals surface area contributed by atoms with Crippen LogP contribution in [-0.4, -0.2) is 28.7 Å². The van der Waals surface area contributed by atoms with Crippen molar-refractivity contribution in [2.24, 2.45) is 0 Å². The lowest BCUT2D eigenvalue weighted by molar-refractivity contribution is 0.0587. The number of H-pyrrole nitrogens is 1. The van der Waals surface area contributed by atoms with Crippen molar-refractivity contribution < 1.29 is 9.53 Å². The first-order valence-electron chi connectivity index (χ1n) is 8.53. The van der Waals surface area contributed by atoms with Gasteiger partial charge in [-0.2, -0.15) is 0 Å². The molecule has 0 bridgehead atoms. The van der Waals surface area contributed by atoms with Crippen LogP contribution < -0.4 is 4.90 Å². The molecule has 1 amide bonds. The molecule has 1 heterocycles. The quantitative estimate of drug-likeness (QED) is 0.714. The standard InChI is InChI=1S/C21H23N3O2/c1-21(2,3)26-20(25)24(4)19-22-17(15-11-7-5-8-12-15)18(23-19)16-13-9-6-10-14-16/h5-14H,1-4H3,(H,22,23). The van der Waals surface area contributed by atoms with Gasteiger partial charge in [-0.3, -0.25) is 4.90 Å². The Bertz CT molecular complexity index is 824. The fraction of sp³-hybridized carbons (Fsp3) is 0.238. The molecule has 1 aromatic heterocycles. The van der Waals surface area contributed by atoms with Crippen molar-refractivity contribution in [3.8, 4) is 22.5 Å². The second-order valence-corrected chi connectivity index (χ2v) is 7.06.